The third-order valence-corrected chi connectivity index (χ3v) is 5.36. The molecule has 1 heterocycles. The van der Waals surface area contributed by atoms with Crippen LogP contribution in [0.3, 0.4) is 0 Å². The molecule has 0 saturated heterocycles. The molecule has 2 nitrogen and oxygen atoms in total. The molecule has 0 amide bonds. The van der Waals surface area contributed by atoms with Crippen LogP contribution in [0, 0.1) is 0 Å². The largest absolute Gasteiger partial charge is 0.507 e. The quantitative estimate of drug-likeness (QED) is 0.651. The summed E-state index contributed by atoms with van der Waals surface area (Å²) in [5.74, 6) is 0.316. The van der Waals surface area contributed by atoms with E-state index in [-0.39, 0.29) is 6.04 Å². The van der Waals surface area contributed by atoms with Crippen molar-refractivity contribution in [2.75, 3.05) is 5.32 Å². The summed E-state index contributed by atoms with van der Waals surface area (Å²) in [4.78, 5) is 1.27. The average Bonchev–Trinajstić information content (AvgIpc) is 2.86. The number of phenols is 1. The molecular formula is C16H14BrNOS. The first-order valence-corrected chi connectivity index (χ1v) is 8.04. The minimum atomic E-state index is 0.206. The Balaban J connectivity index is 1.99. The number of fused-ring (bicyclic) bond motifs is 1. The molecule has 0 aliphatic rings. The molecule has 1 unspecified atom stereocenters. The van der Waals surface area contributed by atoms with E-state index in [4.69, 9.17) is 0 Å². The molecule has 1 aromatic heterocycles. The Morgan fingerprint density at radius 1 is 1.10 bits per heavy atom. The van der Waals surface area contributed by atoms with Gasteiger partial charge in [0.25, 0.3) is 0 Å². The lowest BCUT2D eigenvalue weighted by atomic mass is 10.1. The minimum Gasteiger partial charge on any atom is -0.507 e. The lowest BCUT2D eigenvalue weighted by Gasteiger charge is -2.16. The van der Waals surface area contributed by atoms with E-state index >= 15 is 0 Å². The fraction of sp³-hybridized carbons (Fsp3) is 0.125. The number of phenolic OH excluding ortho intramolecular Hbond substituents is 1. The maximum atomic E-state index is 9.92. The average molecular weight is 348 g/mol. The van der Waals surface area contributed by atoms with Crippen LogP contribution in [0.4, 0.5) is 5.69 Å². The maximum Gasteiger partial charge on any atom is 0.123 e. The third kappa shape index (κ3) is 2.41. The summed E-state index contributed by atoms with van der Waals surface area (Å²) in [5, 5.41) is 17.4. The van der Waals surface area contributed by atoms with Gasteiger partial charge in [0, 0.05) is 25.8 Å². The van der Waals surface area contributed by atoms with Gasteiger partial charge in [-0.2, -0.15) is 0 Å². The van der Waals surface area contributed by atoms with Crippen molar-refractivity contribution in [3.05, 3.63) is 57.2 Å². The molecule has 0 aliphatic carbocycles. The summed E-state index contributed by atoms with van der Waals surface area (Å²) < 4.78 is 1.13. The van der Waals surface area contributed by atoms with Crippen LogP contribution >= 0.6 is 27.3 Å². The first-order valence-electron chi connectivity index (χ1n) is 6.37. The fourth-order valence-electron chi connectivity index (χ4n) is 2.33. The lowest BCUT2D eigenvalue weighted by molar-refractivity contribution is 0.481. The molecule has 0 radical (unpaired) electrons. The number of hydrogen-bond donors (Lipinski definition) is 2. The first-order chi connectivity index (χ1) is 9.66. The highest BCUT2D eigenvalue weighted by molar-refractivity contribution is 9.10. The van der Waals surface area contributed by atoms with Gasteiger partial charge in [-0.25, -0.2) is 0 Å². The second kappa shape index (κ2) is 5.46. The van der Waals surface area contributed by atoms with E-state index in [0.29, 0.717) is 5.75 Å². The van der Waals surface area contributed by atoms with Crippen molar-refractivity contribution >= 4 is 43.7 Å². The standard InChI is InChI=1S/C16H14BrNOS/c1-10(16-13(17)8-9-20-16)18-14-6-2-5-12-11(14)4-3-7-15(12)19/h2-10,18-19H,1H3. The van der Waals surface area contributed by atoms with Crippen molar-refractivity contribution < 1.29 is 5.11 Å². The summed E-state index contributed by atoms with van der Waals surface area (Å²) in [6.45, 7) is 2.14. The van der Waals surface area contributed by atoms with Gasteiger partial charge in [0.2, 0.25) is 0 Å². The lowest BCUT2D eigenvalue weighted by Crippen LogP contribution is -2.05. The fourth-order valence-corrected chi connectivity index (χ4v) is 4.06. The van der Waals surface area contributed by atoms with Crippen molar-refractivity contribution in [1.82, 2.24) is 0 Å². The first kappa shape index (κ1) is 13.5. The summed E-state index contributed by atoms with van der Waals surface area (Å²) in [6.07, 6.45) is 0. The molecule has 3 rings (SSSR count). The number of thiophene rings is 1. The third-order valence-electron chi connectivity index (χ3n) is 3.31. The van der Waals surface area contributed by atoms with Gasteiger partial charge in [0.1, 0.15) is 5.75 Å². The Hall–Kier alpha value is -1.52. The van der Waals surface area contributed by atoms with Crippen LogP contribution in [0.1, 0.15) is 17.8 Å². The maximum absolute atomic E-state index is 9.92. The molecule has 0 saturated carbocycles. The molecule has 2 aromatic carbocycles. The van der Waals surface area contributed by atoms with E-state index in [0.717, 1.165) is 20.9 Å². The molecule has 4 heteroatoms. The summed E-state index contributed by atoms with van der Waals surface area (Å²) >= 11 is 5.30. The van der Waals surface area contributed by atoms with Crippen molar-refractivity contribution in [2.24, 2.45) is 0 Å². The van der Waals surface area contributed by atoms with E-state index in [9.17, 15) is 5.11 Å². The van der Waals surface area contributed by atoms with E-state index < -0.39 is 0 Å². The number of benzene rings is 2. The van der Waals surface area contributed by atoms with Crippen LogP contribution < -0.4 is 5.32 Å². The predicted octanol–water partition coefficient (Wildman–Crippen LogP) is 5.54. The molecular weight excluding hydrogens is 334 g/mol. The highest BCUT2D eigenvalue weighted by Crippen LogP contribution is 2.34. The van der Waals surface area contributed by atoms with Gasteiger partial charge >= 0.3 is 0 Å². The zero-order valence-corrected chi connectivity index (χ0v) is 13.3. The van der Waals surface area contributed by atoms with E-state index in [1.807, 2.05) is 30.3 Å². The number of aromatic hydroxyl groups is 1. The Bertz CT molecular complexity index is 753. The molecule has 102 valence electrons. The predicted molar refractivity (Wildman–Crippen MR) is 89.7 cm³/mol. The summed E-state index contributed by atoms with van der Waals surface area (Å²) in [7, 11) is 0. The zero-order valence-electron chi connectivity index (χ0n) is 10.9. The van der Waals surface area contributed by atoms with Crippen LogP contribution in [-0.4, -0.2) is 5.11 Å². The topological polar surface area (TPSA) is 32.3 Å². The molecule has 0 aliphatic heterocycles. The highest BCUT2D eigenvalue weighted by atomic mass is 79.9. The van der Waals surface area contributed by atoms with E-state index in [2.05, 4.69) is 39.6 Å². The Morgan fingerprint density at radius 2 is 1.85 bits per heavy atom. The van der Waals surface area contributed by atoms with E-state index in [1.165, 1.54) is 4.88 Å². The Labute approximate surface area is 130 Å². The van der Waals surface area contributed by atoms with E-state index in [1.54, 1.807) is 17.4 Å². The number of rotatable bonds is 3. The van der Waals surface area contributed by atoms with Gasteiger partial charge in [0.15, 0.2) is 0 Å². The second-order valence-electron chi connectivity index (χ2n) is 4.68. The second-order valence-corrected chi connectivity index (χ2v) is 6.48. The van der Waals surface area contributed by atoms with Gasteiger partial charge < -0.3 is 10.4 Å². The van der Waals surface area contributed by atoms with Gasteiger partial charge in [-0.1, -0.05) is 24.3 Å². The van der Waals surface area contributed by atoms with Crippen molar-refractivity contribution in [3.8, 4) is 5.75 Å². The van der Waals surface area contributed by atoms with Crippen molar-refractivity contribution in [3.63, 3.8) is 0 Å². The van der Waals surface area contributed by atoms with Crippen LogP contribution in [0.5, 0.6) is 5.75 Å². The molecule has 0 fully saturated rings. The van der Waals surface area contributed by atoms with Gasteiger partial charge in [-0.3, -0.25) is 0 Å². The van der Waals surface area contributed by atoms with Crippen molar-refractivity contribution in [1.29, 1.82) is 0 Å². The normalized spacial score (nSPS) is 12.5. The van der Waals surface area contributed by atoms with Crippen molar-refractivity contribution in [2.45, 2.75) is 13.0 Å². The van der Waals surface area contributed by atoms with Gasteiger partial charge in [-0.05, 0) is 46.4 Å². The Kier molecular flexibility index (Phi) is 3.68. The van der Waals surface area contributed by atoms with Crippen LogP contribution in [0.25, 0.3) is 10.8 Å². The molecule has 1 atom stereocenters. The van der Waals surface area contributed by atoms with Gasteiger partial charge in [0.05, 0.1) is 6.04 Å². The minimum absolute atomic E-state index is 0.206. The summed E-state index contributed by atoms with van der Waals surface area (Å²) in [5.41, 5.74) is 1.03. The van der Waals surface area contributed by atoms with Crippen LogP contribution in [-0.2, 0) is 0 Å². The number of hydrogen-bond acceptors (Lipinski definition) is 3. The highest BCUT2D eigenvalue weighted by Gasteiger charge is 2.12. The SMILES string of the molecule is CC(Nc1cccc2c(O)cccc12)c1sccc1Br. The molecule has 2 N–H and O–H groups in total. The molecule has 0 spiro atoms. The smallest absolute Gasteiger partial charge is 0.123 e. The summed E-state index contributed by atoms with van der Waals surface area (Å²) in [6, 6.07) is 13.8. The Morgan fingerprint density at radius 3 is 2.60 bits per heavy atom. The molecule has 20 heavy (non-hydrogen) atoms. The zero-order chi connectivity index (χ0) is 14.1. The molecule has 3 aromatic rings. The van der Waals surface area contributed by atoms with Gasteiger partial charge in [-0.15, -0.1) is 11.3 Å². The van der Waals surface area contributed by atoms with Crippen LogP contribution in [0.15, 0.2) is 52.3 Å². The monoisotopic (exact) mass is 347 g/mol. The number of anilines is 1. The number of nitrogens with one attached hydrogen (secondary N) is 1. The number of halogens is 1. The van der Waals surface area contributed by atoms with Crippen LogP contribution in [0.2, 0.25) is 0 Å². The molecule has 0 bridgehead atoms.